The Morgan fingerprint density at radius 1 is 1.12 bits per heavy atom. The van der Waals surface area contributed by atoms with Crippen molar-refractivity contribution >= 4 is 11.6 Å². The molecule has 2 heterocycles. The number of allylic oxidation sites excluding steroid dienone is 2. The number of hydrogen-bond donors (Lipinski definition) is 6. The summed E-state index contributed by atoms with van der Waals surface area (Å²) in [7, 11) is 1.45. The summed E-state index contributed by atoms with van der Waals surface area (Å²) in [6, 6.07) is 7.30. The zero-order chi connectivity index (χ0) is 29.8. The molecule has 1 aliphatic heterocycles. The van der Waals surface area contributed by atoms with Gasteiger partial charge in [0.2, 0.25) is 0 Å². The summed E-state index contributed by atoms with van der Waals surface area (Å²) in [5.41, 5.74) is 9.12. The summed E-state index contributed by atoms with van der Waals surface area (Å²) in [6.45, 7) is 2.47. The van der Waals surface area contributed by atoms with Crippen molar-refractivity contribution in [3.05, 3.63) is 70.8 Å². The Morgan fingerprint density at radius 3 is 2.54 bits per heavy atom. The number of phenolic OH excluding ortho intramolecular Hbond substituents is 1. The lowest BCUT2D eigenvalue weighted by atomic mass is 9.76. The molecule has 224 valence electrons. The number of rotatable bonds is 18. The highest BCUT2D eigenvalue weighted by atomic mass is 16.5. The molecule has 3 atom stereocenters. The molecule has 0 bridgehead atoms. The number of aliphatic hydroxyl groups excluding tert-OH is 2. The molecule has 2 aromatic rings. The highest BCUT2D eigenvalue weighted by Crippen LogP contribution is 2.44. The van der Waals surface area contributed by atoms with Crippen LogP contribution in [0.15, 0.2) is 54.0 Å². The number of Topliss-reactive ketones (excluding diaryl/α,β-unsaturated/α-hetero) is 2. The van der Waals surface area contributed by atoms with E-state index in [0.29, 0.717) is 36.3 Å². The van der Waals surface area contributed by atoms with E-state index >= 15 is 0 Å². The minimum absolute atomic E-state index is 0.0356. The van der Waals surface area contributed by atoms with Crippen molar-refractivity contribution < 1.29 is 29.6 Å². The number of methoxy groups -OCH3 is 1. The molecule has 0 saturated carbocycles. The number of benzene rings is 1. The molecular weight excluding hydrogens is 522 g/mol. The van der Waals surface area contributed by atoms with E-state index in [9.17, 15) is 24.9 Å². The summed E-state index contributed by atoms with van der Waals surface area (Å²) < 4.78 is 5.49. The fraction of sp³-hybridized carbons (Fsp3) is 0.500. The number of unbranched alkanes of at least 4 members (excludes halogenated alkanes) is 4. The molecule has 0 aliphatic carbocycles. The van der Waals surface area contributed by atoms with Crippen LogP contribution in [0.4, 0.5) is 0 Å². The van der Waals surface area contributed by atoms with Crippen molar-refractivity contribution in [2.45, 2.75) is 76.7 Å². The Kier molecular flexibility index (Phi) is 12.5. The number of dihydropyridines is 1. The Balaban J connectivity index is 1.84. The maximum atomic E-state index is 12.7. The number of aryl methyl sites for hydroxylation is 1. The van der Waals surface area contributed by atoms with Crippen LogP contribution in [-0.4, -0.2) is 58.2 Å². The maximum absolute atomic E-state index is 12.7. The van der Waals surface area contributed by atoms with Gasteiger partial charge >= 0.3 is 0 Å². The number of phenols is 1. The second-order valence-electron chi connectivity index (χ2n) is 10.7. The number of hydrogen-bond acceptors (Lipinski definition) is 8. The summed E-state index contributed by atoms with van der Waals surface area (Å²) >= 11 is 0. The number of ketones is 2. The number of aromatic amines is 1. The third-order valence-corrected chi connectivity index (χ3v) is 7.69. The molecule has 0 amide bonds. The van der Waals surface area contributed by atoms with Crippen LogP contribution in [-0.2, 0) is 22.4 Å². The van der Waals surface area contributed by atoms with Crippen molar-refractivity contribution in [1.29, 1.82) is 0 Å². The number of aromatic nitrogens is 1. The lowest BCUT2D eigenvalue weighted by molar-refractivity contribution is -0.138. The van der Waals surface area contributed by atoms with E-state index in [4.69, 9.17) is 10.5 Å². The number of aliphatic hydroxyl groups is 2. The highest BCUT2D eigenvalue weighted by molar-refractivity contribution is 6.05. The van der Waals surface area contributed by atoms with Crippen molar-refractivity contribution in [2.75, 3.05) is 20.3 Å². The standard InChI is InChI=1S/C32H45N3O6/c1-3-4-5-6-7-10-26(37)32(40)27(38)12-11-21-16-25(31(39)28(17-21)41-2)30(22-13-15-35-29(33)19-22)23(20-36)18-24-9-8-14-34-24/h8-9,13-14,16-17,19,23,30,32,34-36,39-40H,3-7,10-12,15,18,20,33H2,1-2H3. The number of carbonyl (C=O) groups is 2. The number of ether oxygens (including phenoxy) is 1. The summed E-state index contributed by atoms with van der Waals surface area (Å²) in [5, 5.41) is 35.2. The molecule has 1 aromatic heterocycles. The van der Waals surface area contributed by atoms with E-state index in [0.717, 1.165) is 37.0 Å². The topological polar surface area (TPSA) is 158 Å². The fourth-order valence-corrected chi connectivity index (χ4v) is 5.41. The van der Waals surface area contributed by atoms with Crippen LogP contribution in [0.3, 0.4) is 0 Å². The van der Waals surface area contributed by atoms with Gasteiger partial charge in [-0.1, -0.05) is 44.7 Å². The molecule has 9 nitrogen and oxygen atoms in total. The van der Waals surface area contributed by atoms with Crippen molar-refractivity contribution in [1.82, 2.24) is 10.3 Å². The van der Waals surface area contributed by atoms with Crippen LogP contribution < -0.4 is 15.8 Å². The third kappa shape index (κ3) is 8.96. The van der Waals surface area contributed by atoms with Crippen LogP contribution >= 0.6 is 0 Å². The van der Waals surface area contributed by atoms with Gasteiger partial charge in [-0.05, 0) is 60.6 Å². The van der Waals surface area contributed by atoms with Crippen LogP contribution in [0, 0.1) is 5.92 Å². The lowest BCUT2D eigenvalue weighted by Crippen LogP contribution is -2.30. The molecule has 0 radical (unpaired) electrons. The molecule has 1 aromatic carbocycles. The van der Waals surface area contributed by atoms with E-state index in [2.05, 4.69) is 17.2 Å². The number of carbonyl (C=O) groups excluding carboxylic acids is 2. The number of H-pyrrole nitrogens is 1. The fourth-order valence-electron chi connectivity index (χ4n) is 5.41. The van der Waals surface area contributed by atoms with Crippen molar-refractivity contribution in [3.8, 4) is 11.5 Å². The average Bonchev–Trinajstić information content (AvgIpc) is 3.49. The van der Waals surface area contributed by atoms with Crippen LogP contribution in [0.5, 0.6) is 11.5 Å². The molecule has 41 heavy (non-hydrogen) atoms. The van der Waals surface area contributed by atoms with Gasteiger partial charge in [-0.2, -0.15) is 0 Å². The van der Waals surface area contributed by atoms with Crippen molar-refractivity contribution in [2.24, 2.45) is 11.7 Å². The largest absolute Gasteiger partial charge is 0.504 e. The van der Waals surface area contributed by atoms with Gasteiger partial charge in [0.25, 0.3) is 0 Å². The number of nitrogens with two attached hydrogens (primary N) is 1. The Hall–Kier alpha value is -3.56. The van der Waals surface area contributed by atoms with Gasteiger partial charge in [0.05, 0.1) is 12.9 Å². The molecule has 0 fully saturated rings. The van der Waals surface area contributed by atoms with Gasteiger partial charge in [0.1, 0.15) is 0 Å². The Labute approximate surface area is 242 Å². The molecule has 9 heteroatoms. The number of nitrogens with one attached hydrogen (secondary N) is 2. The van der Waals surface area contributed by atoms with E-state index in [1.165, 1.54) is 7.11 Å². The smallest absolute Gasteiger partial charge is 0.170 e. The lowest BCUT2D eigenvalue weighted by Gasteiger charge is -2.30. The second-order valence-corrected chi connectivity index (χ2v) is 10.7. The average molecular weight is 568 g/mol. The molecule has 0 spiro atoms. The predicted octanol–water partition coefficient (Wildman–Crippen LogP) is 3.79. The highest BCUT2D eigenvalue weighted by Gasteiger charge is 2.31. The van der Waals surface area contributed by atoms with E-state index in [1.807, 2.05) is 30.5 Å². The first-order valence-corrected chi connectivity index (χ1v) is 14.6. The normalized spacial score (nSPS) is 15.3. The summed E-state index contributed by atoms with van der Waals surface area (Å²) in [6.07, 6.45) is 9.73. The number of aromatic hydroxyl groups is 1. The summed E-state index contributed by atoms with van der Waals surface area (Å²) in [5.74, 6) is -1.04. The summed E-state index contributed by atoms with van der Waals surface area (Å²) in [4.78, 5) is 28.3. The molecule has 3 unspecified atom stereocenters. The first-order chi connectivity index (χ1) is 19.8. The van der Waals surface area contributed by atoms with Gasteiger partial charge in [-0.15, -0.1) is 0 Å². The minimum Gasteiger partial charge on any atom is -0.504 e. The molecule has 1 aliphatic rings. The Morgan fingerprint density at radius 2 is 1.88 bits per heavy atom. The van der Waals surface area contributed by atoms with E-state index in [-0.39, 0.29) is 43.3 Å². The van der Waals surface area contributed by atoms with Crippen molar-refractivity contribution in [3.63, 3.8) is 0 Å². The van der Waals surface area contributed by atoms with Gasteiger partial charge in [-0.3, -0.25) is 9.59 Å². The Bertz CT molecular complexity index is 1200. The molecule has 3 rings (SSSR count). The van der Waals surface area contributed by atoms with Gasteiger partial charge in [0, 0.05) is 49.4 Å². The monoisotopic (exact) mass is 567 g/mol. The van der Waals surface area contributed by atoms with Gasteiger partial charge in [-0.25, -0.2) is 0 Å². The van der Waals surface area contributed by atoms with Crippen LogP contribution in [0.1, 0.15) is 74.6 Å². The van der Waals surface area contributed by atoms with Crippen LogP contribution in [0.25, 0.3) is 0 Å². The first kappa shape index (κ1) is 32.0. The first-order valence-electron chi connectivity index (χ1n) is 14.6. The third-order valence-electron chi connectivity index (χ3n) is 7.69. The SMILES string of the molecule is CCCCCCCC(=O)C(O)C(=O)CCc1cc(OC)c(O)c(C(C2=CCNC(N)=C2)C(CO)Cc2ccc[nH]2)c1. The predicted molar refractivity (Wildman–Crippen MR) is 159 cm³/mol. The van der Waals surface area contributed by atoms with Crippen LogP contribution in [0.2, 0.25) is 0 Å². The molecule has 0 saturated heterocycles. The minimum atomic E-state index is -1.63. The van der Waals surface area contributed by atoms with E-state index in [1.54, 1.807) is 12.1 Å². The zero-order valence-corrected chi connectivity index (χ0v) is 24.2. The zero-order valence-electron chi connectivity index (χ0n) is 24.2. The quantitative estimate of drug-likeness (QED) is 0.117. The van der Waals surface area contributed by atoms with Gasteiger partial charge < -0.3 is 36.1 Å². The van der Waals surface area contributed by atoms with E-state index < -0.39 is 23.6 Å². The second kappa shape index (κ2) is 16.0. The maximum Gasteiger partial charge on any atom is 0.170 e. The molecule has 7 N–H and O–H groups in total. The van der Waals surface area contributed by atoms with Gasteiger partial charge in [0.15, 0.2) is 29.2 Å². The molecular formula is C32H45N3O6.